The van der Waals surface area contributed by atoms with Crippen LogP contribution in [0.1, 0.15) is 149 Å². The third-order valence-electron chi connectivity index (χ3n) is 6.32. The zero-order valence-electron chi connectivity index (χ0n) is 23.6. The lowest BCUT2D eigenvalue weighted by atomic mass is 10.1. The van der Waals surface area contributed by atoms with Crippen molar-refractivity contribution in [2.45, 2.75) is 155 Å². The molecule has 1 N–H and O–H groups in total. The van der Waals surface area contributed by atoms with Gasteiger partial charge in [-0.1, -0.05) is 102 Å². The molecule has 1 unspecified atom stereocenters. The highest BCUT2D eigenvalue weighted by Gasteiger charge is 2.11. The van der Waals surface area contributed by atoms with Gasteiger partial charge in [-0.2, -0.15) is 0 Å². The minimum atomic E-state index is -0.727. The molecule has 4 nitrogen and oxygen atoms in total. The average molecular weight is 505 g/mol. The molecule has 0 saturated carbocycles. The third kappa shape index (κ3) is 26.8. The van der Waals surface area contributed by atoms with E-state index in [4.69, 9.17) is 9.84 Å². The Morgan fingerprint density at radius 3 is 1.89 bits per heavy atom. The summed E-state index contributed by atoms with van der Waals surface area (Å²) in [4.78, 5) is 23.0. The molecular weight excluding hydrogens is 448 g/mol. The summed E-state index contributed by atoms with van der Waals surface area (Å²) in [5.41, 5.74) is 0. The van der Waals surface area contributed by atoms with Gasteiger partial charge in [0.25, 0.3) is 0 Å². The van der Waals surface area contributed by atoms with Crippen molar-refractivity contribution in [3.05, 3.63) is 36.5 Å². The molecule has 0 rings (SSSR count). The van der Waals surface area contributed by atoms with Gasteiger partial charge in [-0.05, 0) is 70.3 Å². The van der Waals surface area contributed by atoms with Crippen molar-refractivity contribution in [2.24, 2.45) is 0 Å². The normalized spacial score (nSPS) is 12.7. The van der Waals surface area contributed by atoms with Crippen LogP contribution in [-0.4, -0.2) is 23.1 Å². The van der Waals surface area contributed by atoms with Crippen LogP contribution in [0.2, 0.25) is 0 Å². The maximum Gasteiger partial charge on any atom is 0.306 e. The van der Waals surface area contributed by atoms with Gasteiger partial charge < -0.3 is 9.84 Å². The second-order valence-corrected chi connectivity index (χ2v) is 9.93. The van der Waals surface area contributed by atoms with Crippen LogP contribution in [0.5, 0.6) is 0 Å². The van der Waals surface area contributed by atoms with E-state index in [-0.39, 0.29) is 18.5 Å². The molecule has 0 saturated heterocycles. The number of hydrogen-bond acceptors (Lipinski definition) is 3. The Kier molecular flexibility index (Phi) is 26.3. The van der Waals surface area contributed by atoms with Gasteiger partial charge in [-0.25, -0.2) is 0 Å². The fourth-order valence-electron chi connectivity index (χ4n) is 4.05. The summed E-state index contributed by atoms with van der Waals surface area (Å²) in [7, 11) is 0. The van der Waals surface area contributed by atoms with Crippen LogP contribution in [0.15, 0.2) is 36.5 Å². The van der Waals surface area contributed by atoms with E-state index in [2.05, 4.69) is 50.3 Å². The molecule has 0 radical (unpaired) electrons. The molecule has 1 atom stereocenters. The van der Waals surface area contributed by atoms with Gasteiger partial charge >= 0.3 is 11.9 Å². The van der Waals surface area contributed by atoms with Gasteiger partial charge in [0.15, 0.2) is 0 Å². The van der Waals surface area contributed by atoms with Crippen molar-refractivity contribution < 1.29 is 19.4 Å². The van der Waals surface area contributed by atoms with Crippen molar-refractivity contribution in [3.8, 4) is 0 Å². The summed E-state index contributed by atoms with van der Waals surface area (Å²) in [5, 5.41) is 8.74. The second kappa shape index (κ2) is 27.7. The lowest BCUT2D eigenvalue weighted by Crippen LogP contribution is -2.16. The molecule has 0 spiro atoms. The molecule has 0 fully saturated rings. The molecule has 0 aromatic heterocycles. The van der Waals surface area contributed by atoms with Crippen molar-refractivity contribution in [1.82, 2.24) is 0 Å². The van der Waals surface area contributed by atoms with Crippen LogP contribution in [0.3, 0.4) is 0 Å². The number of hydrogen-bond donors (Lipinski definition) is 1. The lowest BCUT2D eigenvalue weighted by molar-refractivity contribution is -0.147. The van der Waals surface area contributed by atoms with Crippen LogP contribution in [0.25, 0.3) is 0 Å². The number of carboxylic acids is 1. The Morgan fingerprint density at radius 1 is 0.639 bits per heavy atom. The van der Waals surface area contributed by atoms with Crippen molar-refractivity contribution >= 4 is 11.9 Å². The molecule has 36 heavy (non-hydrogen) atoms. The van der Waals surface area contributed by atoms with Crippen molar-refractivity contribution in [2.75, 3.05) is 0 Å². The van der Waals surface area contributed by atoms with Crippen LogP contribution >= 0.6 is 0 Å². The molecular formula is C32H56O4. The van der Waals surface area contributed by atoms with Crippen LogP contribution in [0, 0.1) is 0 Å². The molecule has 0 aliphatic heterocycles. The SMILES string of the molecule is CCCC/C=C\C/C=C\CCCCCCCC(=O)OC(/C=C\CCCCC)CCCCCCC(=O)O. The number of rotatable bonds is 26. The molecule has 208 valence electrons. The van der Waals surface area contributed by atoms with Crippen LogP contribution < -0.4 is 0 Å². The van der Waals surface area contributed by atoms with Gasteiger partial charge in [0.1, 0.15) is 6.10 Å². The van der Waals surface area contributed by atoms with Crippen LogP contribution in [-0.2, 0) is 14.3 Å². The Balaban J connectivity index is 3.98. The number of unbranched alkanes of at least 4 members (excludes halogenated alkanes) is 13. The molecule has 0 aromatic carbocycles. The monoisotopic (exact) mass is 504 g/mol. The van der Waals surface area contributed by atoms with Gasteiger partial charge in [0.2, 0.25) is 0 Å². The molecule has 0 heterocycles. The van der Waals surface area contributed by atoms with E-state index in [0.717, 1.165) is 64.2 Å². The highest BCUT2D eigenvalue weighted by atomic mass is 16.5. The van der Waals surface area contributed by atoms with E-state index in [1.165, 1.54) is 57.8 Å². The topological polar surface area (TPSA) is 63.6 Å². The Labute approximate surface area is 222 Å². The predicted octanol–water partition coefficient (Wildman–Crippen LogP) is 9.88. The minimum Gasteiger partial charge on any atom is -0.481 e. The summed E-state index contributed by atoms with van der Waals surface area (Å²) in [6.07, 6.45) is 34.5. The fourth-order valence-corrected chi connectivity index (χ4v) is 4.05. The summed E-state index contributed by atoms with van der Waals surface area (Å²) in [6, 6.07) is 0. The largest absolute Gasteiger partial charge is 0.481 e. The first-order valence-electron chi connectivity index (χ1n) is 15.0. The fraction of sp³-hybridized carbons (Fsp3) is 0.750. The van der Waals surface area contributed by atoms with Crippen LogP contribution in [0.4, 0.5) is 0 Å². The summed E-state index contributed by atoms with van der Waals surface area (Å²) in [5.74, 6) is -0.811. The molecule has 4 heteroatoms. The number of ether oxygens (including phenoxy) is 1. The Hall–Kier alpha value is -1.84. The predicted molar refractivity (Wildman–Crippen MR) is 153 cm³/mol. The van der Waals surface area contributed by atoms with Gasteiger partial charge in [0.05, 0.1) is 0 Å². The van der Waals surface area contributed by atoms with Crippen molar-refractivity contribution in [3.63, 3.8) is 0 Å². The smallest absolute Gasteiger partial charge is 0.306 e. The minimum absolute atomic E-state index is 0.0842. The maximum atomic E-state index is 12.4. The van der Waals surface area contributed by atoms with Crippen molar-refractivity contribution in [1.29, 1.82) is 0 Å². The zero-order valence-corrected chi connectivity index (χ0v) is 23.6. The number of aliphatic carboxylic acids is 1. The van der Waals surface area contributed by atoms with E-state index in [9.17, 15) is 9.59 Å². The van der Waals surface area contributed by atoms with E-state index in [1.807, 2.05) is 0 Å². The molecule has 0 aromatic rings. The first-order valence-corrected chi connectivity index (χ1v) is 15.0. The van der Waals surface area contributed by atoms with E-state index < -0.39 is 5.97 Å². The van der Waals surface area contributed by atoms with Gasteiger partial charge in [0, 0.05) is 12.8 Å². The number of carboxylic acid groups (broad SMARTS) is 1. The first-order chi connectivity index (χ1) is 17.6. The first kappa shape index (κ1) is 34.2. The highest BCUT2D eigenvalue weighted by Crippen LogP contribution is 2.14. The number of esters is 1. The van der Waals surface area contributed by atoms with Gasteiger partial charge in [-0.15, -0.1) is 0 Å². The maximum absolute atomic E-state index is 12.4. The number of carbonyl (C=O) groups excluding carboxylic acids is 1. The summed E-state index contributed by atoms with van der Waals surface area (Å²) in [6.45, 7) is 4.42. The quantitative estimate of drug-likeness (QED) is 0.0723. The standard InChI is InChI=1S/C32H56O4/c1-3-5-7-9-10-11-12-13-14-15-16-17-19-25-29-32(35)36-30(26-22-18-8-6-4-2)27-23-20-21-24-28-31(33)34/h9-10,12-13,22,26,30H,3-8,11,14-21,23-25,27-29H2,1-2H3,(H,33,34)/b10-9-,13-12-,26-22-. The summed E-state index contributed by atoms with van der Waals surface area (Å²) < 4.78 is 5.78. The Bertz CT molecular complexity index is 591. The average Bonchev–Trinajstić information content (AvgIpc) is 2.85. The van der Waals surface area contributed by atoms with E-state index in [1.54, 1.807) is 0 Å². The van der Waals surface area contributed by atoms with E-state index in [0.29, 0.717) is 6.42 Å². The summed E-state index contributed by atoms with van der Waals surface area (Å²) >= 11 is 0. The highest BCUT2D eigenvalue weighted by molar-refractivity contribution is 5.69. The zero-order chi connectivity index (χ0) is 26.5. The molecule has 0 aliphatic rings. The number of carbonyl (C=O) groups is 2. The van der Waals surface area contributed by atoms with Gasteiger partial charge in [-0.3, -0.25) is 9.59 Å². The second-order valence-electron chi connectivity index (χ2n) is 9.93. The lowest BCUT2D eigenvalue weighted by Gasteiger charge is -2.15. The third-order valence-corrected chi connectivity index (χ3v) is 6.32. The van der Waals surface area contributed by atoms with E-state index >= 15 is 0 Å². The molecule has 0 aliphatic carbocycles. The Morgan fingerprint density at radius 2 is 1.19 bits per heavy atom. The molecule has 0 amide bonds. The number of allylic oxidation sites excluding steroid dienone is 5. The molecule has 0 bridgehead atoms.